The maximum Gasteiger partial charge on any atom is 0.119 e. The fourth-order valence-corrected chi connectivity index (χ4v) is 2.69. The quantitative estimate of drug-likeness (QED) is 0.836. The molecule has 20 heavy (non-hydrogen) atoms. The highest BCUT2D eigenvalue weighted by molar-refractivity contribution is 5.39. The van der Waals surface area contributed by atoms with Crippen molar-refractivity contribution in [2.45, 2.75) is 51.7 Å². The van der Waals surface area contributed by atoms with Gasteiger partial charge in [0.15, 0.2) is 0 Å². The van der Waals surface area contributed by atoms with Crippen molar-refractivity contribution >= 4 is 0 Å². The summed E-state index contributed by atoms with van der Waals surface area (Å²) in [6.45, 7) is 7.41. The number of nitrogens with one attached hydrogen (secondary N) is 1. The Hall–Kier alpha value is -1.06. The highest BCUT2D eigenvalue weighted by Gasteiger charge is 2.18. The molecular formula is C17H27NO2. The number of hydrogen-bond donors (Lipinski definition) is 1. The van der Waals surface area contributed by atoms with E-state index in [1.165, 1.54) is 24.0 Å². The van der Waals surface area contributed by atoms with Crippen LogP contribution in [0.4, 0.5) is 0 Å². The third kappa shape index (κ3) is 4.22. The summed E-state index contributed by atoms with van der Waals surface area (Å²) in [4.78, 5) is 0. The molecule has 112 valence electrons. The summed E-state index contributed by atoms with van der Waals surface area (Å²) in [5, 5.41) is 3.39. The lowest BCUT2D eigenvalue weighted by Gasteiger charge is -2.25. The smallest absolute Gasteiger partial charge is 0.119 e. The normalized spacial score (nSPS) is 18.7. The van der Waals surface area contributed by atoms with Gasteiger partial charge in [-0.1, -0.05) is 6.07 Å². The van der Waals surface area contributed by atoms with E-state index in [2.05, 4.69) is 44.3 Å². The Morgan fingerprint density at radius 2 is 2.05 bits per heavy atom. The van der Waals surface area contributed by atoms with E-state index >= 15 is 0 Å². The summed E-state index contributed by atoms with van der Waals surface area (Å²) in [7, 11) is 2.04. The van der Waals surface area contributed by atoms with Crippen LogP contribution in [0.3, 0.4) is 0 Å². The van der Waals surface area contributed by atoms with Crippen molar-refractivity contribution in [1.29, 1.82) is 0 Å². The van der Waals surface area contributed by atoms with Crippen molar-refractivity contribution in [2.24, 2.45) is 0 Å². The molecule has 0 aromatic heterocycles. The Labute approximate surface area is 122 Å². The molecule has 0 fully saturated rings. The van der Waals surface area contributed by atoms with Gasteiger partial charge in [0, 0.05) is 6.04 Å². The minimum atomic E-state index is -0.0980. The first-order valence-electron chi connectivity index (χ1n) is 7.56. The molecule has 0 amide bonds. The van der Waals surface area contributed by atoms with Gasteiger partial charge < -0.3 is 14.8 Å². The van der Waals surface area contributed by atoms with Crippen LogP contribution in [0.5, 0.6) is 5.75 Å². The van der Waals surface area contributed by atoms with Gasteiger partial charge in [-0.05, 0) is 70.3 Å². The largest absolute Gasteiger partial charge is 0.491 e. The van der Waals surface area contributed by atoms with E-state index < -0.39 is 0 Å². The summed E-state index contributed by atoms with van der Waals surface area (Å²) in [5.41, 5.74) is 2.75. The van der Waals surface area contributed by atoms with Crippen LogP contribution in [0.1, 0.15) is 50.8 Å². The molecule has 0 radical (unpaired) electrons. The van der Waals surface area contributed by atoms with E-state index in [1.54, 1.807) is 0 Å². The molecule has 0 bridgehead atoms. The Morgan fingerprint density at radius 3 is 2.75 bits per heavy atom. The number of ether oxygens (including phenoxy) is 2. The number of hydrogen-bond acceptors (Lipinski definition) is 3. The second kappa shape index (κ2) is 6.59. The summed E-state index contributed by atoms with van der Waals surface area (Å²) >= 11 is 0. The first kappa shape index (κ1) is 15.3. The molecule has 1 aromatic rings. The van der Waals surface area contributed by atoms with E-state index in [4.69, 9.17) is 9.47 Å². The van der Waals surface area contributed by atoms with Gasteiger partial charge in [0.2, 0.25) is 0 Å². The van der Waals surface area contributed by atoms with Crippen LogP contribution in [-0.2, 0) is 11.2 Å². The minimum absolute atomic E-state index is 0.0980. The molecule has 1 N–H and O–H groups in total. The minimum Gasteiger partial charge on any atom is -0.491 e. The lowest BCUT2D eigenvalue weighted by atomic mass is 9.87. The highest BCUT2D eigenvalue weighted by atomic mass is 16.5. The van der Waals surface area contributed by atoms with Crippen molar-refractivity contribution in [2.75, 3.05) is 20.3 Å². The molecule has 0 saturated heterocycles. The maximum absolute atomic E-state index is 5.79. The first-order chi connectivity index (χ1) is 9.49. The van der Waals surface area contributed by atoms with E-state index in [1.807, 2.05) is 7.05 Å². The molecule has 1 aliphatic carbocycles. The van der Waals surface area contributed by atoms with Crippen LogP contribution in [0.15, 0.2) is 18.2 Å². The SMILES string of the molecule is CNC1CCCc2cc(OCCOC(C)(C)C)ccc21. The third-order valence-corrected chi connectivity index (χ3v) is 3.66. The monoisotopic (exact) mass is 277 g/mol. The van der Waals surface area contributed by atoms with Crippen LogP contribution in [0, 0.1) is 0 Å². The summed E-state index contributed by atoms with van der Waals surface area (Å²) in [6.07, 6.45) is 3.63. The Morgan fingerprint density at radius 1 is 1.25 bits per heavy atom. The van der Waals surface area contributed by atoms with Crippen molar-refractivity contribution in [1.82, 2.24) is 5.32 Å². The van der Waals surface area contributed by atoms with E-state index in [0.29, 0.717) is 19.3 Å². The first-order valence-corrected chi connectivity index (χ1v) is 7.56. The molecule has 0 heterocycles. The van der Waals surface area contributed by atoms with Crippen LogP contribution in [0.25, 0.3) is 0 Å². The molecule has 3 heteroatoms. The Bertz CT molecular complexity index is 437. The average molecular weight is 277 g/mol. The highest BCUT2D eigenvalue weighted by Crippen LogP contribution is 2.31. The Balaban J connectivity index is 1.91. The predicted molar refractivity (Wildman–Crippen MR) is 82.4 cm³/mol. The van der Waals surface area contributed by atoms with Crippen LogP contribution >= 0.6 is 0 Å². The number of rotatable bonds is 5. The maximum atomic E-state index is 5.79. The molecule has 1 aliphatic rings. The number of aryl methyl sites for hydroxylation is 1. The van der Waals surface area contributed by atoms with Gasteiger partial charge in [-0.2, -0.15) is 0 Å². The lowest BCUT2D eigenvalue weighted by molar-refractivity contribution is -0.0163. The molecule has 1 unspecified atom stereocenters. The second-order valence-corrected chi connectivity index (χ2v) is 6.40. The van der Waals surface area contributed by atoms with Crippen LogP contribution < -0.4 is 10.1 Å². The van der Waals surface area contributed by atoms with Crippen LogP contribution in [0.2, 0.25) is 0 Å². The zero-order valence-electron chi connectivity index (χ0n) is 13.2. The molecule has 0 aliphatic heterocycles. The fraction of sp³-hybridized carbons (Fsp3) is 0.647. The molecule has 1 atom stereocenters. The van der Waals surface area contributed by atoms with E-state index in [9.17, 15) is 0 Å². The number of fused-ring (bicyclic) bond motifs is 1. The number of benzene rings is 1. The summed E-state index contributed by atoms with van der Waals surface area (Å²) < 4.78 is 11.5. The average Bonchev–Trinajstić information content (AvgIpc) is 2.41. The molecular weight excluding hydrogens is 250 g/mol. The van der Waals surface area contributed by atoms with Crippen molar-refractivity contribution < 1.29 is 9.47 Å². The zero-order chi connectivity index (χ0) is 14.6. The molecule has 0 saturated carbocycles. The van der Waals surface area contributed by atoms with E-state index in [-0.39, 0.29) is 5.60 Å². The van der Waals surface area contributed by atoms with Gasteiger partial charge in [-0.3, -0.25) is 0 Å². The van der Waals surface area contributed by atoms with Crippen molar-refractivity contribution in [3.05, 3.63) is 29.3 Å². The molecule has 3 nitrogen and oxygen atoms in total. The van der Waals surface area contributed by atoms with Gasteiger partial charge in [0.05, 0.1) is 12.2 Å². The van der Waals surface area contributed by atoms with Crippen molar-refractivity contribution in [3.63, 3.8) is 0 Å². The topological polar surface area (TPSA) is 30.5 Å². The van der Waals surface area contributed by atoms with Gasteiger partial charge in [0.1, 0.15) is 12.4 Å². The van der Waals surface area contributed by atoms with E-state index in [0.717, 1.165) is 12.2 Å². The second-order valence-electron chi connectivity index (χ2n) is 6.40. The van der Waals surface area contributed by atoms with Crippen LogP contribution in [-0.4, -0.2) is 25.9 Å². The van der Waals surface area contributed by atoms with Gasteiger partial charge >= 0.3 is 0 Å². The zero-order valence-corrected chi connectivity index (χ0v) is 13.2. The summed E-state index contributed by atoms with van der Waals surface area (Å²) in [6, 6.07) is 6.97. The third-order valence-electron chi connectivity index (χ3n) is 3.66. The summed E-state index contributed by atoms with van der Waals surface area (Å²) in [5.74, 6) is 0.956. The van der Waals surface area contributed by atoms with Gasteiger partial charge in [-0.15, -0.1) is 0 Å². The van der Waals surface area contributed by atoms with Gasteiger partial charge in [-0.25, -0.2) is 0 Å². The predicted octanol–water partition coefficient (Wildman–Crippen LogP) is 3.48. The standard InChI is InChI=1S/C17H27NO2/c1-17(2,3)20-11-10-19-14-8-9-15-13(12-14)6-5-7-16(15)18-4/h8-9,12,16,18H,5-7,10-11H2,1-4H3. The van der Waals surface area contributed by atoms with Crippen molar-refractivity contribution in [3.8, 4) is 5.75 Å². The fourth-order valence-electron chi connectivity index (χ4n) is 2.69. The molecule has 2 rings (SSSR count). The molecule has 0 spiro atoms. The van der Waals surface area contributed by atoms with Gasteiger partial charge in [0.25, 0.3) is 0 Å². The molecule has 1 aromatic carbocycles. The Kier molecular flexibility index (Phi) is 5.06. The lowest BCUT2D eigenvalue weighted by Crippen LogP contribution is -2.23.